The third-order valence-corrected chi connectivity index (χ3v) is 3.24. The van der Waals surface area contributed by atoms with Gasteiger partial charge in [-0.3, -0.25) is 0 Å². The van der Waals surface area contributed by atoms with Crippen molar-refractivity contribution in [1.29, 1.82) is 0 Å². The Bertz CT molecular complexity index is 419. The van der Waals surface area contributed by atoms with Gasteiger partial charge < -0.3 is 10.5 Å². The second-order valence-corrected chi connectivity index (χ2v) is 4.92. The van der Waals surface area contributed by atoms with Crippen LogP contribution in [0.25, 0.3) is 0 Å². The van der Waals surface area contributed by atoms with Gasteiger partial charge in [0.15, 0.2) is 0 Å². The molecule has 1 unspecified atom stereocenters. The SMILES string of the molecule is CC(C)=CCOc1cccc2c1CCCC2N. The summed E-state index contributed by atoms with van der Waals surface area (Å²) in [6.07, 6.45) is 5.44. The molecule has 2 N–H and O–H groups in total. The van der Waals surface area contributed by atoms with E-state index in [2.05, 4.69) is 32.1 Å². The van der Waals surface area contributed by atoms with Gasteiger partial charge in [-0.1, -0.05) is 17.7 Å². The Hall–Kier alpha value is -1.28. The second kappa shape index (κ2) is 5.37. The van der Waals surface area contributed by atoms with Crippen molar-refractivity contribution in [3.63, 3.8) is 0 Å². The molecule has 17 heavy (non-hydrogen) atoms. The van der Waals surface area contributed by atoms with E-state index in [-0.39, 0.29) is 6.04 Å². The first-order valence-electron chi connectivity index (χ1n) is 6.32. The smallest absolute Gasteiger partial charge is 0.123 e. The van der Waals surface area contributed by atoms with Gasteiger partial charge in [0.05, 0.1) is 0 Å². The van der Waals surface area contributed by atoms with Crippen molar-refractivity contribution in [1.82, 2.24) is 0 Å². The Kier molecular flexibility index (Phi) is 3.85. The van der Waals surface area contributed by atoms with Crippen LogP contribution >= 0.6 is 0 Å². The van der Waals surface area contributed by atoms with Gasteiger partial charge in [0.25, 0.3) is 0 Å². The lowest BCUT2D eigenvalue weighted by atomic mass is 9.88. The summed E-state index contributed by atoms with van der Waals surface area (Å²) in [5.74, 6) is 1.01. The lowest BCUT2D eigenvalue weighted by Gasteiger charge is -2.24. The molecule has 1 aromatic carbocycles. The number of rotatable bonds is 3. The molecule has 0 fully saturated rings. The van der Waals surface area contributed by atoms with Crippen molar-refractivity contribution in [2.45, 2.75) is 39.2 Å². The molecule has 1 aliphatic carbocycles. The van der Waals surface area contributed by atoms with Crippen molar-refractivity contribution in [2.75, 3.05) is 6.61 Å². The van der Waals surface area contributed by atoms with Gasteiger partial charge in [0, 0.05) is 6.04 Å². The van der Waals surface area contributed by atoms with E-state index in [0.717, 1.165) is 25.0 Å². The van der Waals surface area contributed by atoms with Crippen molar-refractivity contribution < 1.29 is 4.74 Å². The van der Waals surface area contributed by atoms with Gasteiger partial charge in [-0.15, -0.1) is 0 Å². The highest BCUT2D eigenvalue weighted by Crippen LogP contribution is 2.33. The predicted molar refractivity (Wildman–Crippen MR) is 71.2 cm³/mol. The van der Waals surface area contributed by atoms with Gasteiger partial charge >= 0.3 is 0 Å². The maximum absolute atomic E-state index is 6.12. The Labute approximate surface area is 103 Å². The number of fused-ring (bicyclic) bond motifs is 1. The topological polar surface area (TPSA) is 35.2 Å². The van der Waals surface area contributed by atoms with Gasteiger partial charge in [-0.05, 0) is 56.4 Å². The first-order chi connectivity index (χ1) is 8.18. The van der Waals surface area contributed by atoms with E-state index in [9.17, 15) is 0 Å². The van der Waals surface area contributed by atoms with Crippen molar-refractivity contribution in [2.24, 2.45) is 5.73 Å². The summed E-state index contributed by atoms with van der Waals surface area (Å²) < 4.78 is 5.83. The summed E-state index contributed by atoms with van der Waals surface area (Å²) in [6.45, 7) is 4.81. The van der Waals surface area contributed by atoms with E-state index >= 15 is 0 Å². The predicted octanol–water partition coefficient (Wildman–Crippen LogP) is 3.37. The van der Waals surface area contributed by atoms with Crippen molar-refractivity contribution in [3.8, 4) is 5.75 Å². The first kappa shape index (κ1) is 12.2. The van der Waals surface area contributed by atoms with Crippen LogP contribution in [0.4, 0.5) is 0 Å². The van der Waals surface area contributed by atoms with Gasteiger partial charge in [0.2, 0.25) is 0 Å². The number of nitrogens with two attached hydrogens (primary N) is 1. The number of hydrogen-bond donors (Lipinski definition) is 1. The molecule has 1 aliphatic rings. The van der Waals surface area contributed by atoms with Crippen LogP contribution in [0.3, 0.4) is 0 Å². The minimum atomic E-state index is 0.186. The van der Waals surface area contributed by atoms with E-state index in [1.165, 1.54) is 16.7 Å². The normalized spacial score (nSPS) is 18.4. The lowest BCUT2D eigenvalue weighted by Crippen LogP contribution is -2.18. The molecule has 0 saturated carbocycles. The molecule has 92 valence electrons. The van der Waals surface area contributed by atoms with E-state index in [1.807, 2.05) is 6.07 Å². The molecule has 0 heterocycles. The molecular formula is C15H21NO. The summed E-state index contributed by atoms with van der Waals surface area (Å²) in [5.41, 5.74) is 9.99. The van der Waals surface area contributed by atoms with Gasteiger partial charge in [0.1, 0.15) is 12.4 Å². The third kappa shape index (κ3) is 2.89. The average molecular weight is 231 g/mol. The number of benzene rings is 1. The maximum Gasteiger partial charge on any atom is 0.123 e. The maximum atomic E-state index is 6.12. The standard InChI is InChI=1S/C15H21NO/c1-11(2)9-10-17-15-8-4-5-12-13(15)6-3-7-14(12)16/h4-5,8-9,14H,3,6-7,10,16H2,1-2H3. The van der Waals surface area contributed by atoms with Crippen LogP contribution in [-0.2, 0) is 6.42 Å². The molecule has 0 radical (unpaired) electrons. The molecule has 0 aromatic heterocycles. The van der Waals surface area contributed by atoms with Gasteiger partial charge in [-0.2, -0.15) is 0 Å². The zero-order valence-electron chi connectivity index (χ0n) is 10.7. The molecule has 1 aromatic rings. The van der Waals surface area contributed by atoms with Crippen molar-refractivity contribution >= 4 is 0 Å². The van der Waals surface area contributed by atoms with Crippen LogP contribution in [0, 0.1) is 0 Å². The summed E-state index contributed by atoms with van der Waals surface area (Å²) in [6, 6.07) is 6.41. The minimum absolute atomic E-state index is 0.186. The molecule has 0 saturated heterocycles. The average Bonchev–Trinajstić information content (AvgIpc) is 2.30. The Morgan fingerprint density at radius 1 is 1.47 bits per heavy atom. The zero-order chi connectivity index (χ0) is 12.3. The largest absolute Gasteiger partial charge is 0.489 e. The molecule has 0 amide bonds. The zero-order valence-corrected chi connectivity index (χ0v) is 10.7. The molecule has 0 spiro atoms. The van der Waals surface area contributed by atoms with Crippen molar-refractivity contribution in [3.05, 3.63) is 41.0 Å². The fourth-order valence-corrected chi connectivity index (χ4v) is 2.29. The van der Waals surface area contributed by atoms with Crippen LogP contribution in [-0.4, -0.2) is 6.61 Å². The molecule has 2 nitrogen and oxygen atoms in total. The minimum Gasteiger partial charge on any atom is -0.489 e. The Morgan fingerprint density at radius 3 is 3.06 bits per heavy atom. The molecular weight excluding hydrogens is 210 g/mol. The number of ether oxygens (including phenoxy) is 1. The quantitative estimate of drug-likeness (QED) is 0.809. The van der Waals surface area contributed by atoms with E-state index in [0.29, 0.717) is 6.61 Å². The Balaban J connectivity index is 2.17. The van der Waals surface area contributed by atoms with Crippen LogP contribution in [0.15, 0.2) is 29.8 Å². The number of hydrogen-bond acceptors (Lipinski definition) is 2. The highest BCUT2D eigenvalue weighted by atomic mass is 16.5. The number of allylic oxidation sites excluding steroid dienone is 1. The van der Waals surface area contributed by atoms with Crippen LogP contribution < -0.4 is 10.5 Å². The molecule has 1 atom stereocenters. The third-order valence-electron chi connectivity index (χ3n) is 3.24. The monoisotopic (exact) mass is 231 g/mol. The summed E-state index contributed by atoms with van der Waals surface area (Å²) in [5, 5.41) is 0. The highest BCUT2D eigenvalue weighted by Gasteiger charge is 2.19. The summed E-state index contributed by atoms with van der Waals surface area (Å²) in [4.78, 5) is 0. The van der Waals surface area contributed by atoms with Gasteiger partial charge in [-0.25, -0.2) is 0 Å². The van der Waals surface area contributed by atoms with E-state index in [1.54, 1.807) is 0 Å². The fraction of sp³-hybridized carbons (Fsp3) is 0.467. The fourth-order valence-electron chi connectivity index (χ4n) is 2.29. The first-order valence-corrected chi connectivity index (χ1v) is 6.32. The lowest BCUT2D eigenvalue weighted by molar-refractivity contribution is 0.354. The van der Waals surface area contributed by atoms with E-state index in [4.69, 9.17) is 10.5 Å². The van der Waals surface area contributed by atoms with Crippen LogP contribution in [0.5, 0.6) is 5.75 Å². The summed E-state index contributed by atoms with van der Waals surface area (Å²) in [7, 11) is 0. The van der Waals surface area contributed by atoms with E-state index < -0.39 is 0 Å². The molecule has 2 rings (SSSR count). The molecule has 0 bridgehead atoms. The highest BCUT2D eigenvalue weighted by molar-refractivity contribution is 5.43. The van der Waals surface area contributed by atoms with Crippen LogP contribution in [0.2, 0.25) is 0 Å². The van der Waals surface area contributed by atoms with Crippen LogP contribution in [0.1, 0.15) is 43.9 Å². The summed E-state index contributed by atoms with van der Waals surface area (Å²) >= 11 is 0. The molecule has 2 heteroatoms. The molecule has 0 aliphatic heterocycles. The second-order valence-electron chi connectivity index (χ2n) is 4.92. The Morgan fingerprint density at radius 2 is 2.29 bits per heavy atom.